The fraction of sp³-hybridized carbons (Fsp3) is 0.172. The number of allylic oxidation sites excluding steroid dienone is 1. The van der Waals surface area contributed by atoms with Crippen molar-refractivity contribution < 1.29 is 9.47 Å². The summed E-state index contributed by atoms with van der Waals surface area (Å²) in [6.45, 7) is 4.36. The Hall–Kier alpha value is -4.11. The molecule has 6 nitrogen and oxygen atoms in total. The zero-order chi connectivity index (χ0) is 26.2. The Bertz CT molecular complexity index is 1520. The summed E-state index contributed by atoms with van der Waals surface area (Å²) in [4.78, 5) is 9.31. The summed E-state index contributed by atoms with van der Waals surface area (Å²) in [7, 11) is 1.59. The van der Waals surface area contributed by atoms with Crippen LogP contribution in [0, 0.1) is 29.6 Å². The van der Waals surface area contributed by atoms with Crippen molar-refractivity contribution in [1.29, 1.82) is 10.5 Å². The number of ether oxygens (including phenoxy) is 2. The lowest BCUT2D eigenvalue weighted by Crippen LogP contribution is -1.97. The predicted molar refractivity (Wildman–Crippen MR) is 148 cm³/mol. The number of pyridine rings is 1. The summed E-state index contributed by atoms with van der Waals surface area (Å²) in [5, 5.41) is 22.6. The lowest BCUT2D eigenvalue weighted by atomic mass is 10.1. The highest BCUT2D eigenvalue weighted by Gasteiger charge is 2.15. The Balaban J connectivity index is 1.59. The summed E-state index contributed by atoms with van der Waals surface area (Å²) in [5.74, 6) is 2.04. The van der Waals surface area contributed by atoms with Crippen LogP contribution in [0.2, 0.25) is 0 Å². The molecule has 0 fully saturated rings. The standard InChI is InChI=1S/C29H24N4O2S2/c1-4-36-28-23(16-31)14-24(19(2)32-28)25-18-37-29(33-25)22(15-30)12-21-10-11-26(27(13-21)34-3)35-17-20-8-6-5-7-9-20/h5-14,18H,4,17H2,1-3H3/b22-12+. The van der Waals surface area contributed by atoms with E-state index in [1.165, 1.54) is 11.3 Å². The zero-order valence-corrected chi connectivity index (χ0v) is 22.3. The number of hydrogen-bond acceptors (Lipinski definition) is 8. The van der Waals surface area contributed by atoms with Gasteiger partial charge in [-0.15, -0.1) is 23.1 Å². The van der Waals surface area contributed by atoms with Crippen LogP contribution in [0.3, 0.4) is 0 Å². The van der Waals surface area contributed by atoms with Gasteiger partial charge in [-0.3, -0.25) is 0 Å². The van der Waals surface area contributed by atoms with E-state index in [4.69, 9.17) is 14.5 Å². The van der Waals surface area contributed by atoms with Gasteiger partial charge in [-0.2, -0.15) is 10.5 Å². The van der Waals surface area contributed by atoms with E-state index in [1.54, 1.807) is 24.9 Å². The maximum absolute atomic E-state index is 9.88. The summed E-state index contributed by atoms with van der Waals surface area (Å²) in [6, 6.07) is 21.8. The lowest BCUT2D eigenvalue weighted by Gasteiger charge is -2.11. The van der Waals surface area contributed by atoms with Gasteiger partial charge < -0.3 is 9.47 Å². The summed E-state index contributed by atoms with van der Waals surface area (Å²) in [5.41, 5.74) is 5.09. The van der Waals surface area contributed by atoms with Crippen LogP contribution in [0.25, 0.3) is 22.9 Å². The number of hydrogen-bond donors (Lipinski definition) is 0. The Morgan fingerprint density at radius 1 is 1.08 bits per heavy atom. The third-order valence-electron chi connectivity index (χ3n) is 5.45. The second kappa shape index (κ2) is 12.2. The Kier molecular flexibility index (Phi) is 8.58. The van der Waals surface area contributed by atoms with Gasteiger partial charge in [-0.1, -0.05) is 43.3 Å². The maximum atomic E-state index is 9.88. The van der Waals surface area contributed by atoms with Crippen molar-refractivity contribution in [2.24, 2.45) is 0 Å². The van der Waals surface area contributed by atoms with E-state index in [9.17, 15) is 10.5 Å². The van der Waals surface area contributed by atoms with Crippen LogP contribution in [0.15, 0.2) is 65.0 Å². The molecule has 0 saturated carbocycles. The van der Waals surface area contributed by atoms with E-state index in [-0.39, 0.29) is 0 Å². The molecule has 0 aliphatic heterocycles. The highest BCUT2D eigenvalue weighted by Crippen LogP contribution is 2.33. The summed E-state index contributed by atoms with van der Waals surface area (Å²) < 4.78 is 11.5. The van der Waals surface area contributed by atoms with Gasteiger partial charge in [0.15, 0.2) is 11.5 Å². The van der Waals surface area contributed by atoms with E-state index in [1.807, 2.05) is 73.8 Å². The minimum Gasteiger partial charge on any atom is -0.493 e. The van der Waals surface area contributed by atoms with Crippen molar-refractivity contribution in [1.82, 2.24) is 9.97 Å². The van der Waals surface area contributed by atoms with Crippen molar-refractivity contribution in [3.63, 3.8) is 0 Å². The molecule has 0 saturated heterocycles. The third kappa shape index (κ3) is 6.18. The first-order valence-electron chi connectivity index (χ1n) is 11.5. The minimum atomic E-state index is 0.428. The molecule has 0 N–H and O–H groups in total. The molecule has 37 heavy (non-hydrogen) atoms. The quantitative estimate of drug-likeness (QED) is 0.170. The van der Waals surface area contributed by atoms with Crippen molar-refractivity contribution >= 4 is 34.7 Å². The molecule has 0 unspecified atom stereocenters. The van der Waals surface area contributed by atoms with E-state index in [0.717, 1.165) is 33.2 Å². The van der Waals surface area contributed by atoms with Gasteiger partial charge in [0.05, 0.1) is 23.9 Å². The molecule has 0 atom stereocenters. The molecule has 0 bridgehead atoms. The van der Waals surface area contributed by atoms with Crippen molar-refractivity contribution in [3.05, 3.63) is 87.4 Å². The van der Waals surface area contributed by atoms with Crippen LogP contribution >= 0.6 is 23.1 Å². The molecule has 0 spiro atoms. The predicted octanol–water partition coefficient (Wildman–Crippen LogP) is 7.15. The average Bonchev–Trinajstić information content (AvgIpc) is 3.41. The van der Waals surface area contributed by atoms with Gasteiger partial charge in [0.25, 0.3) is 0 Å². The number of aromatic nitrogens is 2. The number of nitrogens with zero attached hydrogens (tertiary/aromatic N) is 4. The Morgan fingerprint density at radius 2 is 1.89 bits per heavy atom. The SMILES string of the molecule is CCSc1nc(C)c(-c2csc(/C(C#N)=C/c3ccc(OCc4ccccc4)c(OC)c3)n2)cc1C#N. The third-order valence-corrected chi connectivity index (χ3v) is 7.20. The molecule has 184 valence electrons. The first-order valence-corrected chi connectivity index (χ1v) is 13.4. The zero-order valence-electron chi connectivity index (χ0n) is 20.7. The topological polar surface area (TPSA) is 91.8 Å². The summed E-state index contributed by atoms with van der Waals surface area (Å²) in [6.07, 6.45) is 1.78. The lowest BCUT2D eigenvalue weighted by molar-refractivity contribution is 0.284. The molecule has 0 aliphatic rings. The number of methoxy groups -OCH3 is 1. The largest absolute Gasteiger partial charge is 0.493 e. The van der Waals surface area contributed by atoms with Crippen molar-refractivity contribution in [3.8, 4) is 34.9 Å². The highest BCUT2D eigenvalue weighted by molar-refractivity contribution is 7.99. The van der Waals surface area contributed by atoms with E-state index in [2.05, 4.69) is 17.1 Å². The summed E-state index contributed by atoms with van der Waals surface area (Å²) >= 11 is 2.92. The van der Waals surface area contributed by atoms with Crippen LogP contribution in [0.5, 0.6) is 11.5 Å². The molecule has 2 aromatic carbocycles. The van der Waals surface area contributed by atoms with Crippen LogP contribution < -0.4 is 9.47 Å². The fourth-order valence-corrected chi connectivity index (χ4v) is 5.15. The van der Waals surface area contributed by atoms with Crippen LogP contribution in [-0.2, 0) is 6.61 Å². The number of benzene rings is 2. The molecule has 0 radical (unpaired) electrons. The normalized spacial score (nSPS) is 11.0. The van der Waals surface area contributed by atoms with Crippen LogP contribution in [0.4, 0.5) is 0 Å². The second-order valence-corrected chi connectivity index (χ2v) is 10.0. The van der Waals surface area contributed by atoms with Gasteiger partial charge >= 0.3 is 0 Å². The second-order valence-electron chi connectivity index (χ2n) is 7.91. The smallest absolute Gasteiger partial charge is 0.161 e. The van der Waals surface area contributed by atoms with Gasteiger partial charge in [0.2, 0.25) is 0 Å². The van der Waals surface area contributed by atoms with Gasteiger partial charge in [0.1, 0.15) is 28.8 Å². The number of nitriles is 2. The Labute approximate surface area is 224 Å². The van der Waals surface area contributed by atoms with Gasteiger partial charge in [-0.25, -0.2) is 9.97 Å². The molecule has 4 aromatic rings. The van der Waals surface area contributed by atoms with Crippen LogP contribution in [-0.4, -0.2) is 22.8 Å². The first kappa shape index (κ1) is 26.0. The monoisotopic (exact) mass is 524 g/mol. The van der Waals surface area contributed by atoms with Crippen molar-refractivity contribution in [2.45, 2.75) is 25.5 Å². The molecule has 2 aromatic heterocycles. The van der Waals surface area contributed by atoms with E-state index < -0.39 is 0 Å². The van der Waals surface area contributed by atoms with Crippen molar-refractivity contribution in [2.75, 3.05) is 12.9 Å². The molecular weight excluding hydrogens is 500 g/mol. The molecule has 2 heterocycles. The molecule has 4 rings (SSSR count). The molecule has 8 heteroatoms. The molecule has 0 aliphatic carbocycles. The van der Waals surface area contributed by atoms with Gasteiger partial charge in [-0.05, 0) is 48.1 Å². The maximum Gasteiger partial charge on any atom is 0.161 e. The number of thioether (sulfide) groups is 1. The molecular formula is C29H24N4O2S2. The fourth-order valence-electron chi connectivity index (χ4n) is 3.63. The number of aryl methyl sites for hydroxylation is 1. The van der Waals surface area contributed by atoms with Crippen LogP contribution in [0.1, 0.15) is 34.3 Å². The highest BCUT2D eigenvalue weighted by atomic mass is 32.2. The first-order chi connectivity index (χ1) is 18.1. The molecule has 0 amide bonds. The number of thiazole rings is 1. The average molecular weight is 525 g/mol. The van der Waals surface area contributed by atoms with Gasteiger partial charge in [0, 0.05) is 16.6 Å². The minimum absolute atomic E-state index is 0.428. The van der Waals surface area contributed by atoms with E-state index in [0.29, 0.717) is 39.9 Å². The van der Waals surface area contributed by atoms with E-state index >= 15 is 0 Å². The Morgan fingerprint density at radius 3 is 2.59 bits per heavy atom. The number of rotatable bonds is 9.